The maximum absolute atomic E-state index is 10.7. The molecule has 0 aromatic heterocycles. The average Bonchev–Trinajstić information content (AvgIpc) is 1.86. The van der Waals surface area contributed by atoms with E-state index in [1.54, 1.807) is 0 Å². The van der Waals surface area contributed by atoms with E-state index in [-0.39, 0.29) is 0 Å². The molecule has 0 aliphatic heterocycles. The Hall–Kier alpha value is -0.0400. The third-order valence-electron chi connectivity index (χ3n) is 1.88. The molecule has 0 aromatic rings. The van der Waals surface area contributed by atoms with Crippen molar-refractivity contribution in [3.05, 3.63) is 0 Å². The van der Waals surface area contributed by atoms with Gasteiger partial charge < -0.3 is 0 Å². The van der Waals surface area contributed by atoms with E-state index < -0.39 is 0 Å². The van der Waals surface area contributed by atoms with Crippen LogP contribution in [-0.2, 0) is 4.79 Å². The van der Waals surface area contributed by atoms with Gasteiger partial charge in [-0.1, -0.05) is 0 Å². The molecule has 0 bridgehead atoms. The molecule has 1 rings (SSSR count). The summed E-state index contributed by atoms with van der Waals surface area (Å²) in [5.74, 6) is 1.52. The van der Waals surface area contributed by atoms with E-state index in [0.29, 0.717) is 17.6 Å². The molecule has 2 heteroatoms. The third kappa shape index (κ3) is 1.68. The normalized spacial score (nSPS) is 25.9. The first-order chi connectivity index (χ1) is 4.34. The molecule has 1 nitrogen and oxygen atoms in total. The summed E-state index contributed by atoms with van der Waals surface area (Å²) in [6.07, 6.45) is 3.93. The molecule has 1 unspecified atom stereocenters. The van der Waals surface area contributed by atoms with E-state index in [0.717, 1.165) is 25.7 Å². The van der Waals surface area contributed by atoms with Gasteiger partial charge in [0, 0.05) is 18.2 Å². The van der Waals surface area contributed by atoms with Gasteiger partial charge in [-0.2, -0.15) is 0 Å². The summed E-state index contributed by atoms with van der Waals surface area (Å²) in [7, 11) is 0. The second-order valence-corrected chi connectivity index (χ2v) is 2.91. The number of carbonyl (C=O) groups is 1. The monoisotopic (exact) mass is 146 g/mol. The highest BCUT2D eigenvalue weighted by Gasteiger charge is 2.26. The summed E-state index contributed by atoms with van der Waals surface area (Å²) in [4.78, 5) is 10.7. The predicted octanol–water partition coefficient (Wildman–Crippen LogP) is 1.98. The van der Waals surface area contributed by atoms with Crippen molar-refractivity contribution in [3.63, 3.8) is 0 Å². The van der Waals surface area contributed by atoms with E-state index >= 15 is 0 Å². The molecule has 1 aliphatic rings. The number of carbonyl (C=O) groups excluding carboxylic acids is 1. The molecule has 0 heterocycles. The van der Waals surface area contributed by atoms with Gasteiger partial charge in [0.15, 0.2) is 0 Å². The summed E-state index contributed by atoms with van der Waals surface area (Å²) in [6.45, 7) is 0. The Morgan fingerprint density at radius 2 is 2.44 bits per heavy atom. The zero-order chi connectivity index (χ0) is 6.69. The Bertz CT molecular complexity index is 111. The first-order valence-corrected chi connectivity index (χ1v) is 3.96. The van der Waals surface area contributed by atoms with Gasteiger partial charge in [0.1, 0.15) is 5.78 Å². The van der Waals surface area contributed by atoms with Crippen LogP contribution in [0.15, 0.2) is 0 Å². The average molecular weight is 147 g/mol. The smallest absolute Gasteiger partial charge is 0.136 e. The molecular weight excluding hydrogens is 136 g/mol. The van der Waals surface area contributed by atoms with Crippen LogP contribution in [0.4, 0.5) is 0 Å². The fraction of sp³-hybridized carbons (Fsp3) is 0.857. The van der Waals surface area contributed by atoms with Crippen LogP contribution < -0.4 is 0 Å². The second-order valence-electron chi connectivity index (χ2n) is 2.53. The Morgan fingerprint density at radius 1 is 1.67 bits per heavy atom. The van der Waals surface area contributed by atoms with Gasteiger partial charge in [-0.25, -0.2) is 0 Å². The lowest BCUT2D eigenvalue weighted by Gasteiger charge is -2.22. The summed E-state index contributed by atoms with van der Waals surface area (Å²) in [6, 6.07) is 0. The van der Waals surface area contributed by atoms with Crippen molar-refractivity contribution in [2.75, 3.05) is 5.88 Å². The van der Waals surface area contributed by atoms with Gasteiger partial charge in [0.2, 0.25) is 0 Å². The van der Waals surface area contributed by atoms with Gasteiger partial charge in [-0.05, 0) is 19.3 Å². The predicted molar refractivity (Wildman–Crippen MR) is 37.7 cm³/mol. The molecule has 0 aromatic carbocycles. The number of rotatable bonds is 3. The van der Waals surface area contributed by atoms with Gasteiger partial charge >= 0.3 is 0 Å². The third-order valence-corrected chi connectivity index (χ3v) is 2.15. The molecule has 0 spiro atoms. The van der Waals surface area contributed by atoms with Gasteiger partial charge in [0.25, 0.3) is 0 Å². The molecule has 1 aliphatic carbocycles. The standard InChI is InChI=1S/C7H11ClO/c8-5-1-2-6-3-4-7(6)9/h6H,1-5H2. The minimum atomic E-state index is 0.378. The van der Waals surface area contributed by atoms with Crippen LogP contribution in [0.1, 0.15) is 25.7 Å². The minimum absolute atomic E-state index is 0.378. The molecule has 1 atom stereocenters. The highest BCUT2D eigenvalue weighted by atomic mass is 35.5. The summed E-state index contributed by atoms with van der Waals surface area (Å²) in [5, 5.41) is 0. The molecular formula is C7H11ClO. The first kappa shape index (κ1) is 7.07. The Labute approximate surface area is 60.4 Å². The fourth-order valence-corrected chi connectivity index (χ4v) is 1.25. The van der Waals surface area contributed by atoms with E-state index in [2.05, 4.69) is 0 Å². The van der Waals surface area contributed by atoms with Gasteiger partial charge in [-0.3, -0.25) is 4.79 Å². The second kappa shape index (κ2) is 3.21. The lowest BCUT2D eigenvalue weighted by molar-refractivity contribution is -0.129. The van der Waals surface area contributed by atoms with Crippen molar-refractivity contribution in [3.8, 4) is 0 Å². The van der Waals surface area contributed by atoms with Crippen molar-refractivity contribution >= 4 is 17.4 Å². The summed E-state index contributed by atoms with van der Waals surface area (Å²) >= 11 is 5.46. The van der Waals surface area contributed by atoms with Crippen LogP contribution in [-0.4, -0.2) is 11.7 Å². The zero-order valence-electron chi connectivity index (χ0n) is 5.40. The first-order valence-electron chi connectivity index (χ1n) is 3.43. The molecule has 9 heavy (non-hydrogen) atoms. The van der Waals surface area contributed by atoms with Crippen molar-refractivity contribution in [1.29, 1.82) is 0 Å². The van der Waals surface area contributed by atoms with Crippen molar-refractivity contribution < 1.29 is 4.79 Å². The van der Waals surface area contributed by atoms with Crippen molar-refractivity contribution in [2.24, 2.45) is 5.92 Å². The van der Waals surface area contributed by atoms with Crippen molar-refractivity contribution in [1.82, 2.24) is 0 Å². The summed E-state index contributed by atoms with van der Waals surface area (Å²) < 4.78 is 0. The molecule has 0 saturated heterocycles. The highest BCUT2D eigenvalue weighted by Crippen LogP contribution is 2.26. The Kier molecular flexibility index (Phi) is 2.52. The highest BCUT2D eigenvalue weighted by molar-refractivity contribution is 6.17. The van der Waals surface area contributed by atoms with Crippen LogP contribution >= 0.6 is 11.6 Å². The number of Topliss-reactive ketones (excluding diaryl/α,β-unsaturated/α-hetero) is 1. The van der Waals surface area contributed by atoms with E-state index in [4.69, 9.17) is 11.6 Å². The molecule has 0 radical (unpaired) electrons. The lowest BCUT2D eigenvalue weighted by Crippen LogP contribution is -2.25. The topological polar surface area (TPSA) is 17.1 Å². The number of hydrogen-bond acceptors (Lipinski definition) is 1. The Balaban J connectivity index is 2.06. The van der Waals surface area contributed by atoms with E-state index in [1.165, 1.54) is 0 Å². The molecule has 0 amide bonds. The molecule has 1 fully saturated rings. The molecule has 0 N–H and O–H groups in total. The van der Waals surface area contributed by atoms with E-state index in [1.807, 2.05) is 0 Å². The number of alkyl halides is 1. The molecule has 1 saturated carbocycles. The quantitative estimate of drug-likeness (QED) is 0.557. The lowest BCUT2D eigenvalue weighted by atomic mass is 9.81. The Morgan fingerprint density at radius 3 is 2.78 bits per heavy atom. The largest absolute Gasteiger partial charge is 0.299 e. The SMILES string of the molecule is O=C1CCC1CCCCl. The maximum atomic E-state index is 10.7. The minimum Gasteiger partial charge on any atom is -0.299 e. The van der Waals surface area contributed by atoms with E-state index in [9.17, 15) is 4.79 Å². The van der Waals surface area contributed by atoms with Crippen molar-refractivity contribution in [2.45, 2.75) is 25.7 Å². The molecule has 52 valence electrons. The fourth-order valence-electron chi connectivity index (χ4n) is 1.10. The van der Waals surface area contributed by atoms with Crippen LogP contribution in [0, 0.1) is 5.92 Å². The van der Waals surface area contributed by atoms with Gasteiger partial charge in [-0.15, -0.1) is 11.6 Å². The number of halogens is 1. The maximum Gasteiger partial charge on any atom is 0.136 e. The zero-order valence-corrected chi connectivity index (χ0v) is 6.16. The van der Waals surface area contributed by atoms with Gasteiger partial charge in [0.05, 0.1) is 0 Å². The van der Waals surface area contributed by atoms with Crippen LogP contribution in [0.3, 0.4) is 0 Å². The number of hydrogen-bond donors (Lipinski definition) is 0. The van der Waals surface area contributed by atoms with Crippen LogP contribution in [0.5, 0.6) is 0 Å². The number of ketones is 1. The van der Waals surface area contributed by atoms with Crippen LogP contribution in [0.2, 0.25) is 0 Å². The summed E-state index contributed by atoms with van der Waals surface area (Å²) in [5.41, 5.74) is 0. The van der Waals surface area contributed by atoms with Crippen LogP contribution in [0.25, 0.3) is 0 Å².